The van der Waals surface area contributed by atoms with Gasteiger partial charge in [-0.3, -0.25) is 0 Å². The molecule has 0 aliphatic heterocycles. The van der Waals surface area contributed by atoms with Gasteiger partial charge in [-0.1, -0.05) is 25.4 Å². The van der Waals surface area contributed by atoms with E-state index in [1.54, 1.807) is 37.1 Å². The van der Waals surface area contributed by atoms with Crippen molar-refractivity contribution >= 4 is 35.1 Å². The van der Waals surface area contributed by atoms with Crippen molar-refractivity contribution in [1.29, 1.82) is 0 Å². The third kappa shape index (κ3) is 6.07. The Morgan fingerprint density at radius 1 is 1.47 bits per heavy atom. The fourth-order valence-electron chi connectivity index (χ4n) is 1.38. The van der Waals surface area contributed by atoms with Crippen LogP contribution >= 0.6 is 23.4 Å². The van der Waals surface area contributed by atoms with Crippen LogP contribution in [0.1, 0.15) is 13.8 Å². The van der Waals surface area contributed by atoms with Gasteiger partial charge >= 0.3 is 6.03 Å². The summed E-state index contributed by atoms with van der Waals surface area (Å²) in [6, 6.07) is 4.88. The predicted molar refractivity (Wildman–Crippen MR) is 82.6 cm³/mol. The first kappa shape index (κ1) is 16.0. The lowest BCUT2D eigenvalue weighted by molar-refractivity contribution is 0.252. The molecule has 0 aliphatic rings. The number of carbonyl (C=O) groups excluding carboxylic acids is 1. The Morgan fingerprint density at radius 2 is 2.21 bits per heavy atom. The predicted octanol–water partition coefficient (Wildman–Crippen LogP) is 3.61. The van der Waals surface area contributed by atoms with E-state index in [1.807, 2.05) is 0 Å². The summed E-state index contributed by atoms with van der Waals surface area (Å²) < 4.78 is 5.04. The first-order valence-electron chi connectivity index (χ1n) is 6.03. The van der Waals surface area contributed by atoms with Gasteiger partial charge in [0.25, 0.3) is 0 Å². The van der Waals surface area contributed by atoms with E-state index in [-0.39, 0.29) is 6.03 Å². The number of hydrogen-bond donors (Lipinski definition) is 2. The van der Waals surface area contributed by atoms with Crippen LogP contribution in [0.25, 0.3) is 0 Å². The van der Waals surface area contributed by atoms with Gasteiger partial charge in [0.1, 0.15) is 5.75 Å². The highest BCUT2D eigenvalue weighted by atomic mass is 35.5. The zero-order valence-electron chi connectivity index (χ0n) is 11.3. The molecule has 0 aliphatic carbocycles. The minimum atomic E-state index is -0.231. The molecule has 0 atom stereocenters. The number of rotatable bonds is 6. The van der Waals surface area contributed by atoms with Crippen LogP contribution in [0.5, 0.6) is 5.75 Å². The lowest BCUT2D eigenvalue weighted by Gasteiger charge is -2.10. The monoisotopic (exact) mass is 302 g/mol. The molecule has 1 rings (SSSR count). The number of methoxy groups -OCH3 is 1. The smallest absolute Gasteiger partial charge is 0.319 e. The number of benzene rings is 1. The fraction of sp³-hybridized carbons (Fsp3) is 0.462. The van der Waals surface area contributed by atoms with Crippen molar-refractivity contribution in [2.24, 2.45) is 0 Å². The van der Waals surface area contributed by atoms with Gasteiger partial charge in [-0.05, 0) is 23.4 Å². The highest BCUT2D eigenvalue weighted by Crippen LogP contribution is 2.27. The zero-order valence-corrected chi connectivity index (χ0v) is 12.9. The molecule has 1 aromatic carbocycles. The highest BCUT2D eigenvalue weighted by Gasteiger charge is 2.05. The number of halogens is 1. The highest BCUT2D eigenvalue weighted by molar-refractivity contribution is 7.99. The van der Waals surface area contributed by atoms with Crippen molar-refractivity contribution in [3.63, 3.8) is 0 Å². The van der Waals surface area contributed by atoms with Crippen LogP contribution in [-0.4, -0.2) is 30.7 Å². The number of hydrogen-bond acceptors (Lipinski definition) is 3. The molecule has 0 aromatic heterocycles. The van der Waals surface area contributed by atoms with Crippen LogP contribution < -0.4 is 15.4 Å². The Balaban J connectivity index is 2.38. The molecule has 0 saturated heterocycles. The first-order valence-corrected chi connectivity index (χ1v) is 7.45. The van der Waals surface area contributed by atoms with Gasteiger partial charge in [-0.15, -0.1) is 0 Å². The van der Waals surface area contributed by atoms with Crippen LogP contribution in [-0.2, 0) is 0 Å². The minimum absolute atomic E-state index is 0.231. The number of thioether (sulfide) groups is 1. The Morgan fingerprint density at radius 3 is 2.79 bits per heavy atom. The van der Waals surface area contributed by atoms with Crippen molar-refractivity contribution in [3.8, 4) is 5.75 Å². The fourth-order valence-corrected chi connectivity index (χ4v) is 2.33. The zero-order chi connectivity index (χ0) is 14.3. The van der Waals surface area contributed by atoms with E-state index >= 15 is 0 Å². The van der Waals surface area contributed by atoms with Crippen molar-refractivity contribution in [2.45, 2.75) is 19.1 Å². The summed E-state index contributed by atoms with van der Waals surface area (Å²) in [6.07, 6.45) is 0. The normalized spacial score (nSPS) is 10.4. The molecule has 0 radical (unpaired) electrons. The molecule has 19 heavy (non-hydrogen) atoms. The molecule has 2 N–H and O–H groups in total. The van der Waals surface area contributed by atoms with Crippen LogP contribution in [0, 0.1) is 0 Å². The van der Waals surface area contributed by atoms with Crippen LogP contribution in [0.3, 0.4) is 0 Å². The summed E-state index contributed by atoms with van der Waals surface area (Å²) in [6.45, 7) is 4.90. The Bertz CT molecular complexity index is 427. The first-order chi connectivity index (χ1) is 9.02. The topological polar surface area (TPSA) is 50.4 Å². The van der Waals surface area contributed by atoms with Crippen LogP contribution in [0.4, 0.5) is 10.5 Å². The van der Waals surface area contributed by atoms with Gasteiger partial charge in [-0.25, -0.2) is 4.79 Å². The molecule has 0 spiro atoms. The second-order valence-corrected chi connectivity index (χ2v) is 6.24. The molecular formula is C13H19ClN2O2S. The largest absolute Gasteiger partial charge is 0.495 e. The van der Waals surface area contributed by atoms with E-state index in [2.05, 4.69) is 24.5 Å². The summed E-state index contributed by atoms with van der Waals surface area (Å²) in [5, 5.41) is 6.55. The summed E-state index contributed by atoms with van der Waals surface area (Å²) >= 11 is 7.78. The SMILES string of the molecule is COc1ccc(NC(=O)NCCSC(C)C)cc1Cl. The lowest BCUT2D eigenvalue weighted by atomic mass is 10.3. The molecule has 6 heteroatoms. The average molecular weight is 303 g/mol. The van der Waals surface area contributed by atoms with Crippen molar-refractivity contribution in [1.82, 2.24) is 5.32 Å². The molecule has 106 valence electrons. The lowest BCUT2D eigenvalue weighted by Crippen LogP contribution is -2.30. The van der Waals surface area contributed by atoms with Gasteiger partial charge in [0.15, 0.2) is 0 Å². The number of amides is 2. The maximum atomic E-state index is 11.6. The Labute approximate surface area is 123 Å². The summed E-state index contributed by atoms with van der Waals surface area (Å²) in [4.78, 5) is 11.6. The quantitative estimate of drug-likeness (QED) is 0.789. The minimum Gasteiger partial charge on any atom is -0.495 e. The van der Waals surface area contributed by atoms with Gasteiger partial charge in [0.2, 0.25) is 0 Å². The molecule has 0 fully saturated rings. The molecule has 1 aromatic rings. The summed E-state index contributed by atoms with van der Waals surface area (Å²) in [7, 11) is 1.55. The Kier molecular flexibility index (Phi) is 6.87. The third-order valence-corrected chi connectivity index (χ3v) is 3.65. The van der Waals surface area contributed by atoms with E-state index in [9.17, 15) is 4.79 Å². The summed E-state index contributed by atoms with van der Waals surface area (Å²) in [5.41, 5.74) is 0.639. The van der Waals surface area contributed by atoms with Gasteiger partial charge in [0, 0.05) is 18.0 Å². The van der Waals surface area contributed by atoms with Crippen LogP contribution in [0.15, 0.2) is 18.2 Å². The molecule has 4 nitrogen and oxygen atoms in total. The number of nitrogens with one attached hydrogen (secondary N) is 2. The Hall–Kier alpha value is -1.07. The molecule has 2 amide bonds. The van der Waals surface area contributed by atoms with Crippen molar-refractivity contribution in [2.75, 3.05) is 24.7 Å². The number of ether oxygens (including phenoxy) is 1. The third-order valence-electron chi connectivity index (χ3n) is 2.25. The maximum absolute atomic E-state index is 11.6. The van der Waals surface area contributed by atoms with E-state index in [4.69, 9.17) is 16.3 Å². The molecular weight excluding hydrogens is 284 g/mol. The van der Waals surface area contributed by atoms with Crippen molar-refractivity contribution < 1.29 is 9.53 Å². The second kappa shape index (κ2) is 8.17. The summed E-state index contributed by atoms with van der Waals surface area (Å²) in [5.74, 6) is 1.48. The standard InChI is InChI=1S/C13H19ClN2O2S/c1-9(2)19-7-6-15-13(17)16-10-4-5-12(18-3)11(14)8-10/h4-5,8-9H,6-7H2,1-3H3,(H2,15,16,17). The van der Waals surface area contributed by atoms with Gasteiger partial charge in [-0.2, -0.15) is 11.8 Å². The molecule has 0 unspecified atom stereocenters. The average Bonchev–Trinajstić information content (AvgIpc) is 2.35. The van der Waals surface area contributed by atoms with E-state index in [1.165, 1.54) is 0 Å². The second-order valence-electron chi connectivity index (χ2n) is 4.15. The van der Waals surface area contributed by atoms with E-state index < -0.39 is 0 Å². The van der Waals surface area contributed by atoms with Gasteiger partial charge in [0.05, 0.1) is 12.1 Å². The molecule has 0 saturated carbocycles. The molecule has 0 heterocycles. The number of anilines is 1. The van der Waals surface area contributed by atoms with Crippen LogP contribution in [0.2, 0.25) is 5.02 Å². The van der Waals surface area contributed by atoms with E-state index in [0.29, 0.717) is 28.3 Å². The number of urea groups is 1. The maximum Gasteiger partial charge on any atom is 0.319 e. The number of carbonyl (C=O) groups is 1. The molecule has 0 bridgehead atoms. The van der Waals surface area contributed by atoms with Crippen molar-refractivity contribution in [3.05, 3.63) is 23.2 Å². The van der Waals surface area contributed by atoms with Gasteiger partial charge < -0.3 is 15.4 Å². The van der Waals surface area contributed by atoms with E-state index in [0.717, 1.165) is 5.75 Å².